The number of anilines is 1. The van der Waals surface area contributed by atoms with Crippen molar-refractivity contribution in [1.82, 2.24) is 9.88 Å². The first-order valence-corrected chi connectivity index (χ1v) is 9.28. The van der Waals surface area contributed by atoms with Gasteiger partial charge in [-0.1, -0.05) is 0 Å². The molecule has 3 rings (SSSR count). The van der Waals surface area contributed by atoms with Crippen LogP contribution >= 0.6 is 11.3 Å². The summed E-state index contributed by atoms with van der Waals surface area (Å²) < 4.78 is 19.3. The predicted molar refractivity (Wildman–Crippen MR) is 96.7 cm³/mol. The van der Waals surface area contributed by atoms with Gasteiger partial charge in [-0.15, -0.1) is 11.3 Å². The zero-order valence-electron chi connectivity index (χ0n) is 14.6. The number of halogens is 1. The van der Waals surface area contributed by atoms with Gasteiger partial charge in [0.1, 0.15) is 11.6 Å². The molecule has 1 aliphatic rings. The van der Waals surface area contributed by atoms with Crippen LogP contribution in [0.3, 0.4) is 0 Å². The molecule has 0 bridgehead atoms. The van der Waals surface area contributed by atoms with Crippen molar-refractivity contribution in [3.63, 3.8) is 0 Å². The number of thiazole rings is 1. The van der Waals surface area contributed by atoms with E-state index in [1.165, 1.54) is 18.2 Å². The standard InChI is InChI=1S/C18H22FN3O2S/c1-11(2)24-17-7-6-13(19)9-14(17)21-18(23)22-8-4-5-16(22)15-10-25-12(3)20-15/h6-7,9-11,16H,4-5,8H2,1-3H3,(H,21,23)/t16-/m0/s1. The topological polar surface area (TPSA) is 54.5 Å². The summed E-state index contributed by atoms with van der Waals surface area (Å²) in [6.07, 6.45) is 1.74. The number of nitrogens with zero attached hydrogens (tertiary/aromatic N) is 2. The molecule has 0 spiro atoms. The van der Waals surface area contributed by atoms with E-state index in [-0.39, 0.29) is 18.2 Å². The first-order chi connectivity index (χ1) is 11.9. The van der Waals surface area contributed by atoms with Crippen molar-refractivity contribution in [2.75, 3.05) is 11.9 Å². The van der Waals surface area contributed by atoms with Gasteiger partial charge in [-0.05, 0) is 45.7 Å². The third kappa shape index (κ3) is 4.10. The summed E-state index contributed by atoms with van der Waals surface area (Å²) in [6, 6.07) is 3.86. The lowest BCUT2D eigenvalue weighted by Crippen LogP contribution is -2.34. The number of hydrogen-bond acceptors (Lipinski definition) is 4. The largest absolute Gasteiger partial charge is 0.489 e. The van der Waals surface area contributed by atoms with Crippen LogP contribution in [0.4, 0.5) is 14.9 Å². The molecule has 2 amide bonds. The number of amides is 2. The molecule has 0 unspecified atom stereocenters. The lowest BCUT2D eigenvalue weighted by molar-refractivity contribution is 0.205. The van der Waals surface area contributed by atoms with Crippen LogP contribution in [0.25, 0.3) is 0 Å². The van der Waals surface area contributed by atoms with Crippen LogP contribution in [0.5, 0.6) is 5.75 Å². The summed E-state index contributed by atoms with van der Waals surface area (Å²) in [4.78, 5) is 19.0. The average molecular weight is 363 g/mol. The Morgan fingerprint density at radius 3 is 2.96 bits per heavy atom. The summed E-state index contributed by atoms with van der Waals surface area (Å²) in [7, 11) is 0. The van der Waals surface area contributed by atoms with E-state index >= 15 is 0 Å². The number of aryl methyl sites for hydroxylation is 1. The molecule has 134 valence electrons. The van der Waals surface area contributed by atoms with Crippen molar-refractivity contribution in [2.45, 2.75) is 45.8 Å². The van der Waals surface area contributed by atoms with Crippen LogP contribution < -0.4 is 10.1 Å². The Kier molecular flexibility index (Phi) is 5.22. The van der Waals surface area contributed by atoms with Gasteiger partial charge >= 0.3 is 6.03 Å². The van der Waals surface area contributed by atoms with Gasteiger partial charge in [0.15, 0.2) is 0 Å². The minimum absolute atomic E-state index is 0.0343. The van der Waals surface area contributed by atoms with Gasteiger partial charge in [0.25, 0.3) is 0 Å². The highest BCUT2D eigenvalue weighted by atomic mass is 32.1. The molecule has 1 fully saturated rings. The van der Waals surface area contributed by atoms with E-state index in [1.54, 1.807) is 16.2 Å². The van der Waals surface area contributed by atoms with E-state index in [1.807, 2.05) is 26.2 Å². The van der Waals surface area contributed by atoms with Crippen LogP contribution in [0, 0.1) is 12.7 Å². The monoisotopic (exact) mass is 363 g/mol. The molecule has 1 aromatic heterocycles. The lowest BCUT2D eigenvalue weighted by atomic mass is 10.2. The van der Waals surface area contributed by atoms with Crippen molar-refractivity contribution in [1.29, 1.82) is 0 Å². The highest BCUT2D eigenvalue weighted by Crippen LogP contribution is 2.34. The van der Waals surface area contributed by atoms with Crippen molar-refractivity contribution >= 4 is 23.1 Å². The third-order valence-corrected chi connectivity index (χ3v) is 4.83. The number of hydrogen-bond donors (Lipinski definition) is 1. The van der Waals surface area contributed by atoms with Gasteiger partial charge in [-0.2, -0.15) is 0 Å². The molecule has 1 atom stereocenters. The Morgan fingerprint density at radius 2 is 2.28 bits per heavy atom. The molecule has 2 heterocycles. The number of ether oxygens (including phenoxy) is 1. The highest BCUT2D eigenvalue weighted by Gasteiger charge is 2.32. The molecule has 1 N–H and O–H groups in total. The van der Waals surface area contributed by atoms with Gasteiger partial charge < -0.3 is 15.0 Å². The van der Waals surface area contributed by atoms with Crippen molar-refractivity contribution < 1.29 is 13.9 Å². The van der Waals surface area contributed by atoms with Gasteiger partial charge in [0, 0.05) is 18.0 Å². The zero-order chi connectivity index (χ0) is 18.0. The van der Waals surface area contributed by atoms with E-state index < -0.39 is 5.82 Å². The third-order valence-electron chi connectivity index (χ3n) is 4.04. The molecule has 0 saturated carbocycles. The van der Waals surface area contributed by atoms with Gasteiger partial charge in [-0.3, -0.25) is 0 Å². The number of urea groups is 1. The van der Waals surface area contributed by atoms with E-state index in [9.17, 15) is 9.18 Å². The molecule has 1 aliphatic heterocycles. The molecule has 25 heavy (non-hydrogen) atoms. The van der Waals surface area contributed by atoms with Crippen LogP contribution in [0.2, 0.25) is 0 Å². The normalized spacial score (nSPS) is 17.2. The molecular weight excluding hydrogens is 341 g/mol. The quantitative estimate of drug-likeness (QED) is 0.853. The lowest BCUT2D eigenvalue weighted by Gasteiger charge is -2.24. The van der Waals surface area contributed by atoms with Crippen molar-refractivity contribution in [2.24, 2.45) is 0 Å². The number of likely N-dealkylation sites (tertiary alicyclic amines) is 1. The first kappa shape index (κ1) is 17.7. The van der Waals surface area contributed by atoms with Crippen LogP contribution in [-0.4, -0.2) is 28.6 Å². The van der Waals surface area contributed by atoms with Crippen molar-refractivity contribution in [3.8, 4) is 5.75 Å². The minimum Gasteiger partial charge on any atom is -0.489 e. The van der Waals surface area contributed by atoms with E-state index in [4.69, 9.17) is 4.74 Å². The molecule has 1 saturated heterocycles. The van der Waals surface area contributed by atoms with Gasteiger partial charge in [0.2, 0.25) is 0 Å². The maximum absolute atomic E-state index is 13.6. The number of benzene rings is 1. The fraction of sp³-hybridized carbons (Fsp3) is 0.444. The van der Waals surface area contributed by atoms with E-state index in [2.05, 4.69) is 10.3 Å². The number of rotatable bonds is 4. The summed E-state index contributed by atoms with van der Waals surface area (Å²) >= 11 is 1.58. The summed E-state index contributed by atoms with van der Waals surface area (Å²) in [5, 5.41) is 5.79. The van der Waals surface area contributed by atoms with Gasteiger partial charge in [-0.25, -0.2) is 14.2 Å². The maximum Gasteiger partial charge on any atom is 0.322 e. The SMILES string of the molecule is Cc1nc([C@@H]2CCCN2C(=O)Nc2cc(F)ccc2OC(C)C)cs1. The summed E-state index contributed by atoms with van der Waals surface area (Å²) in [5.74, 6) is 0.0458. The zero-order valence-corrected chi connectivity index (χ0v) is 15.4. The molecule has 0 aliphatic carbocycles. The van der Waals surface area contributed by atoms with Crippen LogP contribution in [0.1, 0.15) is 43.4 Å². The Balaban J connectivity index is 1.78. The predicted octanol–water partition coefficient (Wildman–Crippen LogP) is 4.75. The second-order valence-electron chi connectivity index (χ2n) is 6.38. The van der Waals surface area contributed by atoms with E-state index in [0.29, 0.717) is 18.0 Å². The Hall–Kier alpha value is -2.15. The van der Waals surface area contributed by atoms with Crippen molar-refractivity contribution in [3.05, 3.63) is 40.1 Å². The molecule has 1 aromatic carbocycles. The Labute approximate surface area is 150 Å². The minimum atomic E-state index is -0.417. The number of aromatic nitrogens is 1. The molecular formula is C18H22FN3O2S. The average Bonchev–Trinajstić information content (AvgIpc) is 3.18. The fourth-order valence-electron chi connectivity index (χ4n) is 2.99. The second-order valence-corrected chi connectivity index (χ2v) is 7.44. The van der Waals surface area contributed by atoms with Crippen LogP contribution in [-0.2, 0) is 0 Å². The number of nitrogens with one attached hydrogen (secondary N) is 1. The number of carbonyl (C=O) groups is 1. The second kappa shape index (κ2) is 7.39. The maximum atomic E-state index is 13.6. The number of carbonyl (C=O) groups excluding carboxylic acids is 1. The molecule has 7 heteroatoms. The summed E-state index contributed by atoms with van der Waals surface area (Å²) in [5.41, 5.74) is 1.27. The fourth-order valence-corrected chi connectivity index (χ4v) is 3.65. The van der Waals surface area contributed by atoms with E-state index in [0.717, 1.165) is 23.5 Å². The van der Waals surface area contributed by atoms with Gasteiger partial charge in [0.05, 0.1) is 28.5 Å². The Morgan fingerprint density at radius 1 is 1.48 bits per heavy atom. The summed E-state index contributed by atoms with van der Waals surface area (Å²) in [6.45, 7) is 6.38. The Bertz CT molecular complexity index is 763. The molecule has 5 nitrogen and oxygen atoms in total. The van der Waals surface area contributed by atoms with Crippen LogP contribution in [0.15, 0.2) is 23.6 Å². The smallest absolute Gasteiger partial charge is 0.322 e. The highest BCUT2D eigenvalue weighted by molar-refractivity contribution is 7.09. The molecule has 0 radical (unpaired) electrons. The molecule has 2 aromatic rings. The first-order valence-electron chi connectivity index (χ1n) is 8.40.